The van der Waals surface area contributed by atoms with E-state index in [0.717, 1.165) is 25.9 Å². The van der Waals surface area contributed by atoms with E-state index in [9.17, 15) is 14.9 Å². The van der Waals surface area contributed by atoms with Crippen LogP contribution in [0.4, 0.5) is 4.79 Å². The molecule has 0 aromatic carbocycles. The highest BCUT2D eigenvalue weighted by Crippen LogP contribution is 2.17. The van der Waals surface area contributed by atoms with Gasteiger partial charge in [0.05, 0.1) is 0 Å². The topological polar surface area (TPSA) is 103 Å². The highest BCUT2D eigenvalue weighted by molar-refractivity contribution is 5.97. The van der Waals surface area contributed by atoms with Crippen molar-refractivity contribution in [2.24, 2.45) is 5.73 Å². The Hall–Kier alpha value is -2.11. The molecule has 8 heteroatoms. The van der Waals surface area contributed by atoms with Gasteiger partial charge in [0, 0.05) is 32.4 Å². The van der Waals surface area contributed by atoms with Gasteiger partial charge in [-0.1, -0.05) is 0 Å². The van der Waals surface area contributed by atoms with Crippen molar-refractivity contribution in [3.05, 3.63) is 11.8 Å². The first-order valence-corrected chi connectivity index (χ1v) is 8.86. The molecule has 0 aromatic heterocycles. The number of amides is 2. The second kappa shape index (κ2) is 9.55. The van der Waals surface area contributed by atoms with Gasteiger partial charge >= 0.3 is 6.09 Å². The Kier molecular flexibility index (Phi) is 8.06. The quantitative estimate of drug-likeness (QED) is 0.579. The van der Waals surface area contributed by atoms with E-state index in [4.69, 9.17) is 10.5 Å². The summed E-state index contributed by atoms with van der Waals surface area (Å²) in [6, 6.07) is 1.99. The molecule has 0 radical (unpaired) electrons. The third-order valence-corrected chi connectivity index (χ3v) is 4.19. The van der Waals surface area contributed by atoms with Gasteiger partial charge in [-0.2, -0.15) is 5.26 Å². The summed E-state index contributed by atoms with van der Waals surface area (Å²) in [5, 5.41) is 9.43. The Labute approximate surface area is 156 Å². The lowest BCUT2D eigenvalue weighted by atomic mass is 10.0. The Bertz CT molecular complexity index is 568. The Morgan fingerprint density at radius 1 is 1.35 bits per heavy atom. The van der Waals surface area contributed by atoms with E-state index in [2.05, 4.69) is 4.90 Å². The molecule has 0 saturated carbocycles. The number of carbonyl (C=O) groups is 2. The molecule has 0 bridgehead atoms. The fraction of sp³-hybridized carbons (Fsp3) is 0.722. The molecule has 2 N–H and O–H groups in total. The second-order valence-electron chi connectivity index (χ2n) is 7.57. The number of likely N-dealkylation sites (N-methyl/N-ethyl adjacent to an activating group) is 1. The maximum atomic E-state index is 12.7. The first kappa shape index (κ1) is 21.9. The molecule has 2 amide bonds. The molecular weight excluding hydrogens is 334 g/mol. The van der Waals surface area contributed by atoms with Crippen molar-refractivity contribution in [1.29, 1.82) is 5.26 Å². The van der Waals surface area contributed by atoms with E-state index in [0.29, 0.717) is 0 Å². The number of hydrogen-bond acceptors (Lipinski definition) is 6. The van der Waals surface area contributed by atoms with Crippen LogP contribution in [-0.2, 0) is 9.53 Å². The van der Waals surface area contributed by atoms with Crippen molar-refractivity contribution < 1.29 is 14.3 Å². The SMILES string of the molecule is CN1CCC(N(C)C(=O)/C(C#N)=C\N(CCN)C(=O)OC(C)(C)C)CC1. The van der Waals surface area contributed by atoms with Gasteiger partial charge in [0.15, 0.2) is 0 Å². The van der Waals surface area contributed by atoms with Crippen molar-refractivity contribution in [3.63, 3.8) is 0 Å². The minimum Gasteiger partial charge on any atom is -0.443 e. The van der Waals surface area contributed by atoms with Gasteiger partial charge in [-0.3, -0.25) is 9.69 Å². The van der Waals surface area contributed by atoms with Gasteiger partial charge in [0.1, 0.15) is 17.2 Å². The van der Waals surface area contributed by atoms with Crippen LogP contribution in [0.15, 0.2) is 11.8 Å². The minimum absolute atomic E-state index is 0.0833. The lowest BCUT2D eigenvalue weighted by Crippen LogP contribution is -2.45. The number of ether oxygens (including phenoxy) is 1. The van der Waals surface area contributed by atoms with Crippen LogP contribution >= 0.6 is 0 Å². The van der Waals surface area contributed by atoms with Gasteiger partial charge in [-0.15, -0.1) is 0 Å². The summed E-state index contributed by atoms with van der Waals surface area (Å²) >= 11 is 0. The van der Waals surface area contributed by atoms with Gasteiger partial charge in [0.25, 0.3) is 5.91 Å². The average Bonchev–Trinajstić information content (AvgIpc) is 2.56. The van der Waals surface area contributed by atoms with E-state index in [-0.39, 0.29) is 24.7 Å². The zero-order valence-electron chi connectivity index (χ0n) is 16.5. The van der Waals surface area contributed by atoms with Crippen LogP contribution in [0.1, 0.15) is 33.6 Å². The number of nitriles is 1. The molecule has 146 valence electrons. The van der Waals surface area contributed by atoms with Gasteiger partial charge in [0.2, 0.25) is 0 Å². The molecule has 1 heterocycles. The molecule has 1 fully saturated rings. The molecule has 0 spiro atoms. The predicted molar refractivity (Wildman–Crippen MR) is 99.0 cm³/mol. The van der Waals surface area contributed by atoms with Crippen LogP contribution in [0.3, 0.4) is 0 Å². The molecule has 0 aromatic rings. The van der Waals surface area contributed by atoms with Crippen molar-refractivity contribution >= 4 is 12.0 Å². The molecule has 0 unspecified atom stereocenters. The van der Waals surface area contributed by atoms with Crippen LogP contribution < -0.4 is 5.73 Å². The van der Waals surface area contributed by atoms with Crippen molar-refractivity contribution in [1.82, 2.24) is 14.7 Å². The molecule has 26 heavy (non-hydrogen) atoms. The maximum absolute atomic E-state index is 12.7. The zero-order chi connectivity index (χ0) is 19.9. The molecule has 1 saturated heterocycles. The third kappa shape index (κ3) is 6.65. The highest BCUT2D eigenvalue weighted by Gasteiger charge is 2.27. The van der Waals surface area contributed by atoms with Crippen LogP contribution in [0.5, 0.6) is 0 Å². The van der Waals surface area contributed by atoms with E-state index < -0.39 is 17.6 Å². The lowest BCUT2D eigenvalue weighted by molar-refractivity contribution is -0.128. The molecule has 0 aliphatic carbocycles. The number of piperidine rings is 1. The van der Waals surface area contributed by atoms with Crippen molar-refractivity contribution in [2.75, 3.05) is 40.3 Å². The molecule has 1 rings (SSSR count). The summed E-state index contributed by atoms with van der Waals surface area (Å²) in [6.45, 7) is 7.41. The van der Waals surface area contributed by atoms with Gasteiger partial charge < -0.3 is 20.3 Å². The van der Waals surface area contributed by atoms with E-state index in [1.54, 1.807) is 32.7 Å². The fourth-order valence-corrected chi connectivity index (χ4v) is 2.69. The normalized spacial score (nSPS) is 16.7. The summed E-state index contributed by atoms with van der Waals surface area (Å²) in [5.74, 6) is -0.396. The minimum atomic E-state index is -0.681. The summed E-state index contributed by atoms with van der Waals surface area (Å²) in [6.07, 6.45) is 2.33. The zero-order valence-corrected chi connectivity index (χ0v) is 16.5. The Morgan fingerprint density at radius 2 is 1.92 bits per heavy atom. The second-order valence-corrected chi connectivity index (χ2v) is 7.57. The highest BCUT2D eigenvalue weighted by atomic mass is 16.6. The largest absolute Gasteiger partial charge is 0.443 e. The van der Waals surface area contributed by atoms with E-state index in [1.165, 1.54) is 11.1 Å². The number of hydrogen-bond donors (Lipinski definition) is 1. The molecule has 1 aliphatic heterocycles. The lowest BCUT2D eigenvalue weighted by Gasteiger charge is -2.35. The summed E-state index contributed by atoms with van der Waals surface area (Å²) in [7, 11) is 3.74. The Morgan fingerprint density at radius 3 is 2.38 bits per heavy atom. The summed E-state index contributed by atoms with van der Waals surface area (Å²) in [4.78, 5) is 30.0. The molecule has 0 atom stereocenters. The first-order valence-electron chi connectivity index (χ1n) is 8.86. The van der Waals surface area contributed by atoms with Crippen molar-refractivity contribution in [2.45, 2.75) is 45.3 Å². The van der Waals surface area contributed by atoms with Gasteiger partial charge in [-0.25, -0.2) is 4.79 Å². The standard InChI is InChI=1S/C18H31N5O3/c1-18(2,3)26-17(25)23(11-8-19)13-14(12-20)16(24)22(5)15-6-9-21(4)10-7-15/h13,15H,6-11,19H2,1-5H3/b14-13-. The number of nitrogens with two attached hydrogens (primary N) is 1. The summed E-state index contributed by atoms with van der Waals surface area (Å²) in [5.41, 5.74) is 4.77. The van der Waals surface area contributed by atoms with Crippen LogP contribution in [0.25, 0.3) is 0 Å². The summed E-state index contributed by atoms with van der Waals surface area (Å²) < 4.78 is 5.31. The monoisotopic (exact) mass is 365 g/mol. The number of nitrogens with zero attached hydrogens (tertiary/aromatic N) is 4. The molecular formula is C18H31N5O3. The third-order valence-electron chi connectivity index (χ3n) is 4.19. The average molecular weight is 365 g/mol. The van der Waals surface area contributed by atoms with Crippen LogP contribution in [0, 0.1) is 11.3 Å². The van der Waals surface area contributed by atoms with E-state index in [1.807, 2.05) is 13.1 Å². The molecule has 8 nitrogen and oxygen atoms in total. The van der Waals surface area contributed by atoms with E-state index >= 15 is 0 Å². The van der Waals surface area contributed by atoms with Crippen LogP contribution in [-0.4, -0.2) is 78.6 Å². The first-order chi connectivity index (χ1) is 12.1. The van der Waals surface area contributed by atoms with Crippen LogP contribution in [0.2, 0.25) is 0 Å². The maximum Gasteiger partial charge on any atom is 0.414 e. The smallest absolute Gasteiger partial charge is 0.414 e. The van der Waals surface area contributed by atoms with Gasteiger partial charge in [-0.05, 0) is 53.8 Å². The number of rotatable bonds is 5. The predicted octanol–water partition coefficient (Wildman–Crippen LogP) is 1.14. The number of carbonyl (C=O) groups excluding carboxylic acids is 2. The number of likely N-dealkylation sites (tertiary alicyclic amines) is 1. The van der Waals surface area contributed by atoms with Crippen molar-refractivity contribution in [3.8, 4) is 6.07 Å². The fourth-order valence-electron chi connectivity index (χ4n) is 2.69. The molecule has 1 aliphatic rings. The Balaban J connectivity index is 2.92.